The highest BCUT2D eigenvalue weighted by Crippen LogP contribution is 2.32. The monoisotopic (exact) mass is 384 g/mol. The highest BCUT2D eigenvalue weighted by atomic mass is 32.2. The Kier molecular flexibility index (Phi) is 5.23. The van der Waals surface area contributed by atoms with Crippen LogP contribution < -0.4 is 0 Å². The van der Waals surface area contributed by atoms with Gasteiger partial charge in [-0.25, -0.2) is 0 Å². The minimum absolute atomic E-state index is 0.277. The van der Waals surface area contributed by atoms with Crippen molar-refractivity contribution in [2.45, 2.75) is 26.4 Å². The van der Waals surface area contributed by atoms with Crippen LogP contribution in [0.2, 0.25) is 0 Å². The van der Waals surface area contributed by atoms with Gasteiger partial charge in [0.2, 0.25) is 0 Å². The number of rotatable bonds is 4. The third-order valence-corrected chi connectivity index (χ3v) is 4.58. The number of hydrogen-bond donors (Lipinski definition) is 0. The van der Waals surface area contributed by atoms with E-state index in [9.17, 15) is 14.4 Å². The van der Waals surface area contributed by atoms with Crippen LogP contribution >= 0.6 is 11.8 Å². The summed E-state index contributed by atoms with van der Waals surface area (Å²) >= 11 is 0.821. The lowest BCUT2D eigenvalue weighted by Crippen LogP contribution is -2.37. The third kappa shape index (κ3) is 4.49. The van der Waals surface area contributed by atoms with E-state index in [1.807, 2.05) is 53.2 Å². The van der Waals surface area contributed by atoms with Crippen LogP contribution in [-0.4, -0.2) is 38.7 Å². The molecule has 0 atom stereocenters. The van der Waals surface area contributed by atoms with Crippen LogP contribution in [0.5, 0.6) is 0 Å². The van der Waals surface area contributed by atoms with E-state index in [0.29, 0.717) is 0 Å². The van der Waals surface area contributed by atoms with Crippen molar-refractivity contribution in [2.75, 3.05) is 6.54 Å². The van der Waals surface area contributed by atoms with Crippen molar-refractivity contribution in [3.05, 3.63) is 59.3 Å². The molecule has 1 aliphatic heterocycles. The molecule has 2 amide bonds. The topological polar surface area (TPSA) is 68.6 Å². The molecule has 0 spiro atoms. The number of ether oxygens (including phenoxy) is 1. The van der Waals surface area contributed by atoms with Crippen LogP contribution in [0, 0.1) is 0 Å². The number of thioether (sulfide) groups is 1. The summed E-state index contributed by atoms with van der Waals surface area (Å²) in [6, 6.07) is 13.4. The first kappa shape index (κ1) is 19.0. The van der Waals surface area contributed by atoms with Gasteiger partial charge >= 0.3 is 5.97 Å². The zero-order valence-corrected chi connectivity index (χ0v) is 16.2. The van der Waals surface area contributed by atoms with Crippen molar-refractivity contribution in [1.29, 1.82) is 0 Å². The van der Waals surface area contributed by atoms with Crippen molar-refractivity contribution in [3.8, 4) is 5.69 Å². The van der Waals surface area contributed by atoms with E-state index >= 15 is 0 Å². The smallest absolute Gasteiger partial charge is 0.326 e. The van der Waals surface area contributed by atoms with Crippen LogP contribution in [0.1, 0.15) is 26.5 Å². The molecule has 2 aromatic rings. The van der Waals surface area contributed by atoms with Crippen molar-refractivity contribution in [2.24, 2.45) is 0 Å². The van der Waals surface area contributed by atoms with Gasteiger partial charge in [-0.2, -0.15) is 0 Å². The Morgan fingerprint density at radius 2 is 1.81 bits per heavy atom. The number of nitrogens with zero attached hydrogens (tertiary/aromatic N) is 2. The summed E-state index contributed by atoms with van der Waals surface area (Å²) < 4.78 is 7.11. The Morgan fingerprint density at radius 3 is 2.48 bits per heavy atom. The van der Waals surface area contributed by atoms with Crippen LogP contribution in [0.3, 0.4) is 0 Å². The molecule has 0 saturated carbocycles. The lowest BCUT2D eigenvalue weighted by Gasteiger charge is -2.21. The Bertz CT molecular complexity index is 910. The molecule has 0 N–H and O–H groups in total. The summed E-state index contributed by atoms with van der Waals surface area (Å²) in [7, 11) is 0. The van der Waals surface area contributed by atoms with E-state index in [0.717, 1.165) is 28.0 Å². The number of para-hydroxylation sites is 1. The van der Waals surface area contributed by atoms with E-state index < -0.39 is 22.7 Å². The molecule has 6 nitrogen and oxygen atoms in total. The number of carbonyl (C=O) groups excluding carboxylic acids is 3. The normalized spacial score (nSPS) is 16.3. The lowest BCUT2D eigenvalue weighted by molar-refractivity contribution is -0.156. The zero-order chi connectivity index (χ0) is 19.6. The molecular formula is C20H20N2O4S. The average Bonchev–Trinajstić information content (AvgIpc) is 3.15. The van der Waals surface area contributed by atoms with E-state index in [2.05, 4.69) is 0 Å². The van der Waals surface area contributed by atoms with Crippen LogP contribution in [-0.2, 0) is 14.3 Å². The standard InChI is InChI=1S/C20H20N2O4S/c1-20(2,3)26-17(23)13-22-18(24)16(27-19(22)25)12-15-10-7-11-21(15)14-8-5-4-6-9-14/h4-12H,13H2,1-3H3/b16-12+. The Morgan fingerprint density at radius 1 is 1.11 bits per heavy atom. The fraction of sp³-hybridized carbons (Fsp3) is 0.250. The van der Waals surface area contributed by atoms with Gasteiger partial charge in [0, 0.05) is 17.6 Å². The van der Waals surface area contributed by atoms with E-state index in [-0.39, 0.29) is 11.4 Å². The van der Waals surface area contributed by atoms with Crippen LogP contribution in [0.25, 0.3) is 11.8 Å². The van der Waals surface area contributed by atoms with Crippen molar-refractivity contribution < 1.29 is 19.1 Å². The number of imide groups is 1. The molecular weight excluding hydrogens is 364 g/mol. The summed E-state index contributed by atoms with van der Waals surface area (Å²) in [5.74, 6) is -1.10. The number of carbonyl (C=O) groups is 3. The molecule has 3 rings (SSSR count). The van der Waals surface area contributed by atoms with E-state index in [1.54, 1.807) is 26.8 Å². The fourth-order valence-corrected chi connectivity index (χ4v) is 3.43. The second-order valence-corrected chi connectivity index (χ2v) is 7.99. The molecule has 1 aromatic carbocycles. The Labute approximate surface area is 161 Å². The van der Waals surface area contributed by atoms with Gasteiger partial charge in [-0.3, -0.25) is 19.3 Å². The van der Waals surface area contributed by atoms with Gasteiger partial charge in [0.05, 0.1) is 4.91 Å². The van der Waals surface area contributed by atoms with Crippen LogP contribution in [0.15, 0.2) is 53.6 Å². The summed E-state index contributed by atoms with van der Waals surface area (Å²) in [5.41, 5.74) is 1.04. The van der Waals surface area contributed by atoms with E-state index in [1.165, 1.54) is 0 Å². The maximum atomic E-state index is 12.6. The largest absolute Gasteiger partial charge is 0.459 e. The van der Waals surface area contributed by atoms with Gasteiger partial charge in [0.15, 0.2) is 0 Å². The SMILES string of the molecule is CC(C)(C)OC(=O)CN1C(=O)S/C(=C/c2cccn2-c2ccccc2)C1=O. The molecule has 0 unspecified atom stereocenters. The Hall–Kier alpha value is -2.80. The second kappa shape index (κ2) is 7.44. The number of amides is 2. The van der Waals surface area contributed by atoms with Gasteiger partial charge in [-0.1, -0.05) is 18.2 Å². The molecule has 1 saturated heterocycles. The number of esters is 1. The molecule has 2 heterocycles. The first-order valence-electron chi connectivity index (χ1n) is 8.44. The molecule has 27 heavy (non-hydrogen) atoms. The molecule has 0 bridgehead atoms. The highest BCUT2D eigenvalue weighted by Gasteiger charge is 2.37. The zero-order valence-electron chi connectivity index (χ0n) is 15.3. The predicted molar refractivity (Wildman–Crippen MR) is 104 cm³/mol. The number of aromatic nitrogens is 1. The average molecular weight is 384 g/mol. The summed E-state index contributed by atoms with van der Waals surface area (Å²) in [6.45, 7) is 4.81. The minimum atomic E-state index is -0.675. The van der Waals surface area contributed by atoms with Gasteiger partial charge < -0.3 is 9.30 Å². The second-order valence-electron chi connectivity index (χ2n) is 6.99. The fourth-order valence-electron chi connectivity index (χ4n) is 2.61. The van der Waals surface area contributed by atoms with E-state index in [4.69, 9.17) is 4.74 Å². The molecule has 7 heteroatoms. The summed E-state index contributed by atoms with van der Waals surface area (Å²) in [5, 5.41) is -0.477. The summed E-state index contributed by atoms with van der Waals surface area (Å²) in [6.07, 6.45) is 3.54. The van der Waals surface area contributed by atoms with Gasteiger partial charge in [0.1, 0.15) is 12.1 Å². The van der Waals surface area contributed by atoms with Crippen LogP contribution in [0.4, 0.5) is 4.79 Å². The molecule has 0 radical (unpaired) electrons. The third-order valence-electron chi connectivity index (χ3n) is 3.67. The Balaban J connectivity index is 1.80. The van der Waals surface area contributed by atoms with Gasteiger partial charge in [0.25, 0.3) is 11.1 Å². The maximum Gasteiger partial charge on any atom is 0.326 e. The predicted octanol–water partition coefficient (Wildman–Crippen LogP) is 3.86. The van der Waals surface area contributed by atoms with Crippen molar-refractivity contribution in [1.82, 2.24) is 9.47 Å². The molecule has 0 aliphatic carbocycles. The van der Waals surface area contributed by atoms with Gasteiger partial charge in [-0.15, -0.1) is 0 Å². The van der Waals surface area contributed by atoms with Gasteiger partial charge in [-0.05, 0) is 62.9 Å². The first-order valence-corrected chi connectivity index (χ1v) is 9.26. The lowest BCUT2D eigenvalue weighted by atomic mass is 10.2. The molecule has 1 fully saturated rings. The quantitative estimate of drug-likeness (QED) is 0.591. The first-order chi connectivity index (χ1) is 12.7. The number of benzene rings is 1. The van der Waals surface area contributed by atoms with Crippen molar-refractivity contribution in [3.63, 3.8) is 0 Å². The van der Waals surface area contributed by atoms with Crippen molar-refractivity contribution >= 4 is 35.0 Å². The highest BCUT2D eigenvalue weighted by molar-refractivity contribution is 8.18. The molecule has 1 aliphatic rings. The minimum Gasteiger partial charge on any atom is -0.459 e. The summed E-state index contributed by atoms with van der Waals surface area (Å²) in [4.78, 5) is 37.9. The number of hydrogen-bond acceptors (Lipinski definition) is 5. The maximum absolute atomic E-state index is 12.6. The molecule has 140 valence electrons. The molecule has 1 aromatic heterocycles.